The van der Waals surface area contributed by atoms with Crippen molar-refractivity contribution in [3.05, 3.63) is 29.6 Å². The van der Waals surface area contributed by atoms with Gasteiger partial charge in [0.1, 0.15) is 11.6 Å². The Morgan fingerprint density at radius 3 is 2.94 bits per heavy atom. The Kier molecular flexibility index (Phi) is 4.55. The standard InChI is InChI=1S/C14H20FNO2/c1-10-11(5-6-18-10)8-16-9-12-3-4-13(17-2)7-14(12)15/h3-4,7,10-11,16H,5-6,8-9H2,1-2H3. The second kappa shape index (κ2) is 6.16. The van der Waals surface area contributed by atoms with Crippen LogP contribution >= 0.6 is 0 Å². The fraction of sp³-hybridized carbons (Fsp3) is 0.571. The number of ether oxygens (including phenoxy) is 2. The summed E-state index contributed by atoms with van der Waals surface area (Å²) < 4.78 is 24.1. The predicted molar refractivity (Wildman–Crippen MR) is 68.2 cm³/mol. The van der Waals surface area contributed by atoms with Crippen LogP contribution in [-0.2, 0) is 11.3 Å². The van der Waals surface area contributed by atoms with Gasteiger partial charge in [0.15, 0.2) is 0 Å². The highest BCUT2D eigenvalue weighted by atomic mass is 19.1. The Morgan fingerprint density at radius 1 is 1.50 bits per heavy atom. The molecule has 1 fully saturated rings. The third kappa shape index (κ3) is 3.21. The van der Waals surface area contributed by atoms with E-state index in [4.69, 9.17) is 9.47 Å². The van der Waals surface area contributed by atoms with Crippen molar-refractivity contribution in [3.63, 3.8) is 0 Å². The third-order valence-electron chi connectivity index (χ3n) is 3.52. The molecule has 0 spiro atoms. The summed E-state index contributed by atoms with van der Waals surface area (Å²) in [6.07, 6.45) is 1.39. The van der Waals surface area contributed by atoms with E-state index in [1.807, 2.05) is 0 Å². The lowest BCUT2D eigenvalue weighted by molar-refractivity contribution is 0.105. The second-order valence-corrected chi connectivity index (χ2v) is 4.71. The molecule has 0 saturated carbocycles. The number of hydrogen-bond acceptors (Lipinski definition) is 3. The molecular formula is C14H20FNO2. The average molecular weight is 253 g/mol. The van der Waals surface area contributed by atoms with Gasteiger partial charge in [-0.25, -0.2) is 4.39 Å². The van der Waals surface area contributed by atoms with Gasteiger partial charge in [-0.3, -0.25) is 0 Å². The van der Waals surface area contributed by atoms with Crippen LogP contribution in [0.1, 0.15) is 18.9 Å². The lowest BCUT2D eigenvalue weighted by atomic mass is 10.0. The molecule has 1 aliphatic rings. The van der Waals surface area contributed by atoms with E-state index >= 15 is 0 Å². The molecule has 1 saturated heterocycles. The molecule has 1 N–H and O–H groups in total. The zero-order chi connectivity index (χ0) is 13.0. The molecule has 2 atom stereocenters. The summed E-state index contributed by atoms with van der Waals surface area (Å²) >= 11 is 0. The molecule has 100 valence electrons. The van der Waals surface area contributed by atoms with Gasteiger partial charge in [0.25, 0.3) is 0 Å². The van der Waals surface area contributed by atoms with Crippen molar-refractivity contribution in [3.8, 4) is 5.75 Å². The minimum absolute atomic E-state index is 0.224. The Bertz CT molecular complexity index is 397. The highest BCUT2D eigenvalue weighted by Gasteiger charge is 2.23. The number of benzene rings is 1. The number of hydrogen-bond donors (Lipinski definition) is 1. The molecule has 18 heavy (non-hydrogen) atoms. The van der Waals surface area contributed by atoms with E-state index in [0.717, 1.165) is 19.6 Å². The molecule has 1 aliphatic heterocycles. The predicted octanol–water partition coefficient (Wildman–Crippen LogP) is 2.35. The number of rotatable bonds is 5. The van der Waals surface area contributed by atoms with Gasteiger partial charge in [-0.2, -0.15) is 0 Å². The van der Waals surface area contributed by atoms with Crippen molar-refractivity contribution < 1.29 is 13.9 Å². The Hall–Kier alpha value is -1.13. The molecule has 0 aromatic heterocycles. The van der Waals surface area contributed by atoms with E-state index < -0.39 is 0 Å². The van der Waals surface area contributed by atoms with E-state index in [-0.39, 0.29) is 5.82 Å². The summed E-state index contributed by atoms with van der Waals surface area (Å²) in [5.74, 6) is 0.859. The quantitative estimate of drug-likeness (QED) is 0.873. The van der Waals surface area contributed by atoms with Gasteiger partial charge in [-0.15, -0.1) is 0 Å². The molecule has 1 aromatic carbocycles. The number of halogens is 1. The van der Waals surface area contributed by atoms with Crippen LogP contribution in [0.2, 0.25) is 0 Å². The van der Waals surface area contributed by atoms with E-state index in [2.05, 4.69) is 12.2 Å². The van der Waals surface area contributed by atoms with Gasteiger partial charge in [0, 0.05) is 31.3 Å². The van der Waals surface area contributed by atoms with Crippen LogP contribution in [0.15, 0.2) is 18.2 Å². The number of nitrogens with one attached hydrogen (secondary N) is 1. The van der Waals surface area contributed by atoms with Crippen LogP contribution in [-0.4, -0.2) is 26.4 Å². The van der Waals surface area contributed by atoms with Crippen LogP contribution in [0.5, 0.6) is 5.75 Å². The summed E-state index contributed by atoms with van der Waals surface area (Å²) in [6.45, 7) is 4.34. The smallest absolute Gasteiger partial charge is 0.131 e. The molecule has 0 bridgehead atoms. The maximum Gasteiger partial charge on any atom is 0.131 e. The second-order valence-electron chi connectivity index (χ2n) is 4.71. The molecule has 0 aliphatic carbocycles. The van der Waals surface area contributed by atoms with Crippen LogP contribution in [0.4, 0.5) is 4.39 Å². The Balaban J connectivity index is 1.83. The molecule has 0 amide bonds. The van der Waals surface area contributed by atoms with Crippen molar-refractivity contribution in [2.45, 2.75) is 26.0 Å². The monoisotopic (exact) mass is 253 g/mol. The zero-order valence-electron chi connectivity index (χ0n) is 10.9. The maximum absolute atomic E-state index is 13.7. The SMILES string of the molecule is COc1ccc(CNCC2CCOC2C)c(F)c1. The highest BCUT2D eigenvalue weighted by Crippen LogP contribution is 2.20. The zero-order valence-corrected chi connectivity index (χ0v) is 10.9. The van der Waals surface area contributed by atoms with E-state index in [1.54, 1.807) is 12.1 Å². The van der Waals surface area contributed by atoms with E-state index in [1.165, 1.54) is 13.2 Å². The van der Waals surface area contributed by atoms with E-state index in [0.29, 0.717) is 29.9 Å². The lowest BCUT2D eigenvalue weighted by Crippen LogP contribution is -2.26. The van der Waals surface area contributed by atoms with Crippen molar-refractivity contribution >= 4 is 0 Å². The molecule has 2 rings (SSSR count). The highest BCUT2D eigenvalue weighted by molar-refractivity contribution is 5.28. The minimum atomic E-state index is -0.224. The van der Waals surface area contributed by atoms with Gasteiger partial charge in [0.2, 0.25) is 0 Å². The lowest BCUT2D eigenvalue weighted by Gasteiger charge is -2.15. The van der Waals surface area contributed by atoms with Crippen molar-refractivity contribution in [1.82, 2.24) is 5.32 Å². The molecule has 4 heteroatoms. The molecule has 1 aromatic rings. The maximum atomic E-state index is 13.7. The first-order valence-corrected chi connectivity index (χ1v) is 6.35. The first kappa shape index (κ1) is 13.3. The fourth-order valence-corrected chi connectivity index (χ4v) is 2.23. The van der Waals surface area contributed by atoms with Gasteiger partial charge < -0.3 is 14.8 Å². The van der Waals surface area contributed by atoms with Crippen LogP contribution in [0.3, 0.4) is 0 Å². The van der Waals surface area contributed by atoms with Gasteiger partial charge in [-0.1, -0.05) is 6.07 Å². The average Bonchev–Trinajstić information content (AvgIpc) is 2.77. The van der Waals surface area contributed by atoms with Crippen molar-refractivity contribution in [2.75, 3.05) is 20.3 Å². The van der Waals surface area contributed by atoms with Gasteiger partial charge >= 0.3 is 0 Å². The minimum Gasteiger partial charge on any atom is -0.497 e. The molecule has 1 heterocycles. The van der Waals surface area contributed by atoms with E-state index in [9.17, 15) is 4.39 Å². The Labute approximate surface area is 107 Å². The summed E-state index contributed by atoms with van der Waals surface area (Å²) in [5, 5.41) is 3.29. The normalized spacial score (nSPS) is 23.3. The van der Waals surface area contributed by atoms with Crippen molar-refractivity contribution in [1.29, 1.82) is 0 Å². The summed E-state index contributed by atoms with van der Waals surface area (Å²) in [7, 11) is 1.54. The molecular weight excluding hydrogens is 233 g/mol. The largest absolute Gasteiger partial charge is 0.497 e. The van der Waals surface area contributed by atoms with Gasteiger partial charge in [-0.05, 0) is 25.3 Å². The topological polar surface area (TPSA) is 30.5 Å². The van der Waals surface area contributed by atoms with Gasteiger partial charge in [0.05, 0.1) is 13.2 Å². The first-order chi connectivity index (χ1) is 8.70. The van der Waals surface area contributed by atoms with Crippen LogP contribution < -0.4 is 10.1 Å². The Morgan fingerprint density at radius 2 is 2.33 bits per heavy atom. The molecule has 0 radical (unpaired) electrons. The molecule has 3 nitrogen and oxygen atoms in total. The fourth-order valence-electron chi connectivity index (χ4n) is 2.23. The summed E-state index contributed by atoms with van der Waals surface area (Å²) in [4.78, 5) is 0. The molecule has 2 unspecified atom stereocenters. The summed E-state index contributed by atoms with van der Waals surface area (Å²) in [6, 6.07) is 4.95. The first-order valence-electron chi connectivity index (χ1n) is 6.35. The number of methoxy groups -OCH3 is 1. The summed E-state index contributed by atoms with van der Waals surface area (Å²) in [5.41, 5.74) is 0.669. The third-order valence-corrected chi connectivity index (χ3v) is 3.52. The van der Waals surface area contributed by atoms with Crippen LogP contribution in [0, 0.1) is 11.7 Å². The van der Waals surface area contributed by atoms with Crippen molar-refractivity contribution in [2.24, 2.45) is 5.92 Å². The van der Waals surface area contributed by atoms with Crippen LogP contribution in [0.25, 0.3) is 0 Å².